The van der Waals surface area contributed by atoms with Gasteiger partial charge in [-0.15, -0.1) is 4.91 Å². The minimum absolute atomic E-state index is 0.317. The van der Waals surface area contributed by atoms with Crippen molar-refractivity contribution in [3.05, 3.63) is 55.6 Å². The van der Waals surface area contributed by atoms with Crippen LogP contribution in [0.4, 0.5) is 5.69 Å². The molecule has 20 heavy (non-hydrogen) atoms. The van der Waals surface area contributed by atoms with E-state index in [0.29, 0.717) is 5.69 Å². The van der Waals surface area contributed by atoms with Crippen LogP contribution in [0, 0.1) is 4.91 Å². The van der Waals surface area contributed by atoms with Gasteiger partial charge in [0.05, 0.1) is 5.69 Å². The number of aromatic hydroxyl groups is 1. The highest BCUT2D eigenvalue weighted by atomic mass is 16.3. The molecule has 0 fully saturated rings. The first-order chi connectivity index (χ1) is 9.51. The lowest BCUT2D eigenvalue weighted by Crippen LogP contribution is -2.37. The van der Waals surface area contributed by atoms with Crippen molar-refractivity contribution in [2.24, 2.45) is 12.2 Å². The monoisotopic (exact) mass is 275 g/mol. The lowest BCUT2D eigenvalue weighted by Gasteiger charge is -2.10. The first-order valence-corrected chi connectivity index (χ1v) is 5.99. The van der Waals surface area contributed by atoms with E-state index >= 15 is 0 Å². The fraction of sp³-hybridized carbons (Fsp3) is 0.231. The Labute approximate surface area is 113 Å². The van der Waals surface area contributed by atoms with E-state index < -0.39 is 22.8 Å². The van der Waals surface area contributed by atoms with Crippen molar-refractivity contribution in [3.8, 4) is 11.6 Å². The van der Waals surface area contributed by atoms with Gasteiger partial charge in [-0.3, -0.25) is 9.36 Å². The molecule has 2 aromatic rings. The van der Waals surface area contributed by atoms with Gasteiger partial charge in [-0.05, 0) is 29.3 Å². The zero-order valence-corrected chi connectivity index (χ0v) is 11.0. The zero-order valence-electron chi connectivity index (χ0n) is 11.0. The molecule has 0 spiro atoms. The molecular formula is C13H13N3O4. The molecule has 0 saturated carbocycles. The van der Waals surface area contributed by atoms with Gasteiger partial charge in [0.1, 0.15) is 0 Å². The molecular weight excluding hydrogens is 262 g/mol. The van der Waals surface area contributed by atoms with Crippen molar-refractivity contribution < 1.29 is 5.11 Å². The Bertz CT molecular complexity index is 772. The summed E-state index contributed by atoms with van der Waals surface area (Å²) < 4.78 is 1.60. The van der Waals surface area contributed by atoms with Crippen LogP contribution in [0.15, 0.2) is 39.0 Å². The van der Waals surface area contributed by atoms with Gasteiger partial charge in [-0.25, -0.2) is 9.36 Å². The second-order valence-electron chi connectivity index (χ2n) is 4.27. The summed E-state index contributed by atoms with van der Waals surface area (Å²) in [4.78, 5) is 34.8. The van der Waals surface area contributed by atoms with Crippen LogP contribution in [0.3, 0.4) is 0 Å². The Balaban J connectivity index is 2.80. The third kappa shape index (κ3) is 2.03. The van der Waals surface area contributed by atoms with Crippen molar-refractivity contribution in [2.75, 3.05) is 0 Å². The molecule has 1 aromatic carbocycles. The second-order valence-corrected chi connectivity index (χ2v) is 4.27. The number of hydrogen-bond donors (Lipinski definition) is 1. The molecule has 1 heterocycles. The van der Waals surface area contributed by atoms with Gasteiger partial charge in [0.2, 0.25) is 11.6 Å². The number of nitrogens with zero attached hydrogens (tertiary/aromatic N) is 3. The molecule has 0 unspecified atom stereocenters. The largest absolute Gasteiger partial charge is 0.493 e. The SMILES string of the molecule is CCc1ccc(-n2c(=O)c(N=O)c(O)n(C)c2=O)cc1. The Hall–Kier alpha value is -2.70. The van der Waals surface area contributed by atoms with E-state index in [1.807, 2.05) is 6.92 Å². The summed E-state index contributed by atoms with van der Waals surface area (Å²) in [5.41, 5.74) is -1.01. The molecule has 0 saturated heterocycles. The van der Waals surface area contributed by atoms with E-state index in [0.717, 1.165) is 21.1 Å². The van der Waals surface area contributed by atoms with Crippen molar-refractivity contribution in [3.63, 3.8) is 0 Å². The fourth-order valence-corrected chi connectivity index (χ4v) is 1.88. The highest BCUT2D eigenvalue weighted by molar-refractivity contribution is 5.47. The fourth-order valence-electron chi connectivity index (χ4n) is 1.88. The third-order valence-electron chi connectivity index (χ3n) is 3.11. The van der Waals surface area contributed by atoms with Crippen LogP contribution < -0.4 is 11.2 Å². The van der Waals surface area contributed by atoms with E-state index in [9.17, 15) is 19.6 Å². The van der Waals surface area contributed by atoms with Gasteiger partial charge < -0.3 is 5.11 Å². The molecule has 0 amide bonds. The molecule has 0 atom stereocenters. The normalized spacial score (nSPS) is 10.5. The summed E-state index contributed by atoms with van der Waals surface area (Å²) >= 11 is 0. The lowest BCUT2D eigenvalue weighted by atomic mass is 10.1. The lowest BCUT2D eigenvalue weighted by molar-refractivity contribution is 0.417. The molecule has 1 N–H and O–H groups in total. The second kappa shape index (κ2) is 5.12. The molecule has 7 nitrogen and oxygen atoms in total. The molecule has 0 aliphatic rings. The maximum Gasteiger partial charge on any atom is 0.338 e. The minimum Gasteiger partial charge on any atom is -0.493 e. The topological polar surface area (TPSA) is 93.7 Å². The standard InChI is InChI=1S/C13H13N3O4/c1-3-8-4-6-9(7-5-8)16-12(18)10(14-20)11(17)15(2)13(16)19/h4-7,17H,3H2,1-2H3. The Morgan fingerprint density at radius 3 is 2.30 bits per heavy atom. The smallest absolute Gasteiger partial charge is 0.338 e. The third-order valence-corrected chi connectivity index (χ3v) is 3.11. The maximum absolute atomic E-state index is 12.1. The number of aromatic nitrogens is 2. The average Bonchev–Trinajstić information content (AvgIpc) is 2.46. The average molecular weight is 275 g/mol. The van der Waals surface area contributed by atoms with Gasteiger partial charge in [-0.1, -0.05) is 19.1 Å². The molecule has 104 valence electrons. The summed E-state index contributed by atoms with van der Waals surface area (Å²) in [6, 6.07) is 6.77. The Morgan fingerprint density at radius 2 is 1.80 bits per heavy atom. The molecule has 2 rings (SSSR count). The Kier molecular flexibility index (Phi) is 3.51. The van der Waals surface area contributed by atoms with Crippen LogP contribution in [0.5, 0.6) is 5.88 Å². The van der Waals surface area contributed by atoms with Crippen molar-refractivity contribution in [2.45, 2.75) is 13.3 Å². The van der Waals surface area contributed by atoms with Gasteiger partial charge >= 0.3 is 5.69 Å². The van der Waals surface area contributed by atoms with Gasteiger partial charge in [-0.2, -0.15) is 0 Å². The number of benzene rings is 1. The van der Waals surface area contributed by atoms with E-state index in [1.54, 1.807) is 24.3 Å². The summed E-state index contributed by atoms with van der Waals surface area (Å²) in [5.74, 6) is -0.739. The quantitative estimate of drug-likeness (QED) is 0.852. The van der Waals surface area contributed by atoms with Crippen LogP contribution >= 0.6 is 0 Å². The zero-order chi connectivity index (χ0) is 14.9. The highest BCUT2D eigenvalue weighted by Gasteiger charge is 2.18. The molecule has 0 aliphatic carbocycles. The van der Waals surface area contributed by atoms with Crippen LogP contribution in [0.25, 0.3) is 5.69 Å². The van der Waals surface area contributed by atoms with E-state index in [-0.39, 0.29) is 0 Å². The minimum atomic E-state index is -0.940. The number of rotatable bonds is 3. The van der Waals surface area contributed by atoms with E-state index in [4.69, 9.17) is 0 Å². The summed E-state index contributed by atoms with van der Waals surface area (Å²) in [6.45, 7) is 1.98. The molecule has 0 aliphatic heterocycles. The van der Waals surface area contributed by atoms with E-state index in [1.165, 1.54) is 7.05 Å². The van der Waals surface area contributed by atoms with Crippen molar-refractivity contribution in [1.82, 2.24) is 9.13 Å². The Morgan fingerprint density at radius 1 is 1.20 bits per heavy atom. The molecule has 0 bridgehead atoms. The summed E-state index contributed by atoms with van der Waals surface area (Å²) in [5, 5.41) is 12.1. The number of aryl methyl sites for hydroxylation is 1. The van der Waals surface area contributed by atoms with Gasteiger partial charge in [0, 0.05) is 7.05 Å². The molecule has 0 radical (unpaired) electrons. The van der Waals surface area contributed by atoms with Crippen LogP contribution in [0.1, 0.15) is 12.5 Å². The number of nitroso groups, excluding NO2 is 1. The first-order valence-electron chi connectivity index (χ1n) is 5.99. The number of hydrogen-bond acceptors (Lipinski definition) is 5. The van der Waals surface area contributed by atoms with Crippen molar-refractivity contribution >= 4 is 5.69 Å². The van der Waals surface area contributed by atoms with Crippen LogP contribution in [-0.4, -0.2) is 14.2 Å². The predicted molar refractivity (Wildman–Crippen MR) is 73.8 cm³/mol. The predicted octanol–water partition coefficient (Wildman–Crippen LogP) is 1.20. The van der Waals surface area contributed by atoms with Crippen LogP contribution in [0.2, 0.25) is 0 Å². The van der Waals surface area contributed by atoms with Gasteiger partial charge in [0.25, 0.3) is 5.56 Å². The van der Waals surface area contributed by atoms with E-state index in [2.05, 4.69) is 5.18 Å². The van der Waals surface area contributed by atoms with Gasteiger partial charge in [0.15, 0.2) is 0 Å². The summed E-state index contributed by atoms with van der Waals surface area (Å²) in [6.07, 6.45) is 0.823. The first kappa shape index (κ1) is 13.7. The van der Waals surface area contributed by atoms with Crippen molar-refractivity contribution in [1.29, 1.82) is 0 Å². The maximum atomic E-state index is 12.1. The highest BCUT2D eigenvalue weighted by Crippen LogP contribution is 2.19. The molecule has 7 heteroatoms. The molecule has 1 aromatic heterocycles. The van der Waals surface area contributed by atoms with Crippen LogP contribution in [-0.2, 0) is 13.5 Å². The summed E-state index contributed by atoms with van der Waals surface area (Å²) in [7, 11) is 1.25.